The molecule has 256 valence electrons. The van der Waals surface area contributed by atoms with Crippen LogP contribution in [-0.4, -0.2) is 77.5 Å². The van der Waals surface area contributed by atoms with Crippen LogP contribution in [0, 0.1) is 5.92 Å². The van der Waals surface area contributed by atoms with Gasteiger partial charge in [-0.15, -0.1) is 0 Å². The lowest BCUT2D eigenvalue weighted by Crippen LogP contribution is -2.62. The summed E-state index contributed by atoms with van der Waals surface area (Å²) >= 11 is 0. The molecule has 3 rings (SSSR count). The van der Waals surface area contributed by atoms with Gasteiger partial charge in [0.2, 0.25) is 23.6 Å². The number of fused-ring (bicyclic) bond motifs is 1. The summed E-state index contributed by atoms with van der Waals surface area (Å²) in [7, 11) is 0. The number of alkyl halides is 3. The highest BCUT2D eigenvalue weighted by molar-refractivity contribution is 5.98. The Labute approximate surface area is 267 Å². The van der Waals surface area contributed by atoms with E-state index < -0.39 is 71.2 Å². The summed E-state index contributed by atoms with van der Waals surface area (Å²) in [5.74, 6) is -2.47. The zero-order valence-corrected chi connectivity index (χ0v) is 27.1. The molecule has 2 aliphatic rings. The monoisotopic (exact) mass is 653 g/mol. The Morgan fingerprint density at radius 2 is 1.61 bits per heavy atom. The Morgan fingerprint density at radius 1 is 0.978 bits per heavy atom. The van der Waals surface area contributed by atoms with Crippen molar-refractivity contribution in [2.45, 2.75) is 116 Å². The second kappa shape index (κ2) is 15.6. The fourth-order valence-electron chi connectivity index (χ4n) is 5.48. The van der Waals surface area contributed by atoms with Gasteiger partial charge in [-0.05, 0) is 76.5 Å². The standard InChI is InChI=1S/C32H46F3N5O6/c1-6-19(2)25-29(44)40-17-9-11-24(40)28(43)37-22(10-7-8-16-36-30(45)46-31(3,4)5)26(41)38-23(27(42)39-25)18-20-12-14-21(15-13-20)32(33,34)35/h12-15,19,22-25H,6-11,16-18H2,1-5H3,(H,36,45)(H,37,43)(H,38,41)(H,39,42)/t19?,22-,23+,24+,25+/m0/s1. The molecule has 2 heterocycles. The molecule has 0 aliphatic carbocycles. The number of nitrogens with one attached hydrogen (secondary N) is 4. The SMILES string of the molecule is CCC(C)[C@H]1NC(=O)[C@@H](Cc2ccc(C(F)(F)F)cc2)NC(=O)[C@H](CCCCNC(=O)OC(C)(C)C)NC(=O)[C@H]2CCCN2C1=O. The van der Waals surface area contributed by atoms with Gasteiger partial charge in [0, 0.05) is 19.5 Å². The van der Waals surface area contributed by atoms with Crippen LogP contribution in [0.1, 0.15) is 84.3 Å². The molecule has 5 amide bonds. The van der Waals surface area contributed by atoms with E-state index in [-0.39, 0.29) is 25.3 Å². The summed E-state index contributed by atoms with van der Waals surface area (Å²) in [5, 5.41) is 10.9. The maximum Gasteiger partial charge on any atom is 0.416 e. The minimum atomic E-state index is -4.54. The lowest BCUT2D eigenvalue weighted by Gasteiger charge is -2.34. The number of unbranched alkanes of at least 4 members (excludes halogenated alkanes) is 1. The van der Waals surface area contributed by atoms with Crippen LogP contribution >= 0.6 is 0 Å². The second-order valence-electron chi connectivity index (χ2n) is 13.0. The number of hydrogen-bond acceptors (Lipinski definition) is 6. The minimum Gasteiger partial charge on any atom is -0.444 e. The Bertz CT molecular complexity index is 1250. The van der Waals surface area contributed by atoms with Crippen molar-refractivity contribution in [1.82, 2.24) is 26.2 Å². The van der Waals surface area contributed by atoms with Crippen molar-refractivity contribution in [1.29, 1.82) is 0 Å². The van der Waals surface area contributed by atoms with Crippen LogP contribution in [0.25, 0.3) is 0 Å². The number of carbonyl (C=O) groups is 5. The molecule has 14 heteroatoms. The fourth-order valence-corrected chi connectivity index (χ4v) is 5.48. The average molecular weight is 654 g/mol. The second-order valence-corrected chi connectivity index (χ2v) is 13.0. The highest BCUT2D eigenvalue weighted by atomic mass is 19.4. The molecule has 1 unspecified atom stereocenters. The summed E-state index contributed by atoms with van der Waals surface area (Å²) in [6.45, 7) is 9.48. The maximum absolute atomic E-state index is 13.8. The quantitative estimate of drug-likeness (QED) is 0.301. The van der Waals surface area contributed by atoms with E-state index in [9.17, 15) is 37.1 Å². The molecular weight excluding hydrogens is 607 g/mol. The molecule has 1 aromatic carbocycles. The summed E-state index contributed by atoms with van der Waals surface area (Å²) in [6, 6.07) is 0.191. The molecule has 5 atom stereocenters. The van der Waals surface area contributed by atoms with E-state index in [1.54, 1.807) is 27.7 Å². The van der Waals surface area contributed by atoms with Crippen molar-refractivity contribution >= 4 is 29.7 Å². The van der Waals surface area contributed by atoms with Crippen molar-refractivity contribution < 1.29 is 41.9 Å². The van der Waals surface area contributed by atoms with E-state index in [4.69, 9.17) is 4.74 Å². The van der Waals surface area contributed by atoms with Crippen LogP contribution in [-0.2, 0) is 36.5 Å². The topological polar surface area (TPSA) is 146 Å². The zero-order valence-electron chi connectivity index (χ0n) is 27.1. The largest absolute Gasteiger partial charge is 0.444 e. The number of carbonyl (C=O) groups excluding carboxylic acids is 5. The number of halogens is 3. The first-order chi connectivity index (χ1) is 21.5. The predicted molar refractivity (Wildman–Crippen MR) is 163 cm³/mol. The van der Waals surface area contributed by atoms with E-state index in [2.05, 4.69) is 21.3 Å². The molecule has 46 heavy (non-hydrogen) atoms. The van der Waals surface area contributed by atoms with Crippen LogP contribution in [0.3, 0.4) is 0 Å². The van der Waals surface area contributed by atoms with Gasteiger partial charge >= 0.3 is 12.3 Å². The summed E-state index contributed by atoms with van der Waals surface area (Å²) in [6.07, 6.45) is -2.71. The van der Waals surface area contributed by atoms with E-state index in [1.807, 2.05) is 6.92 Å². The van der Waals surface area contributed by atoms with E-state index >= 15 is 0 Å². The summed E-state index contributed by atoms with van der Waals surface area (Å²) in [4.78, 5) is 68.0. The Kier molecular flexibility index (Phi) is 12.4. The first kappa shape index (κ1) is 36.6. The highest BCUT2D eigenvalue weighted by Gasteiger charge is 2.42. The van der Waals surface area contributed by atoms with Crippen molar-refractivity contribution in [3.05, 3.63) is 35.4 Å². The van der Waals surface area contributed by atoms with Gasteiger partial charge in [0.05, 0.1) is 5.56 Å². The molecule has 2 aliphatic heterocycles. The third kappa shape index (κ3) is 10.3. The van der Waals surface area contributed by atoms with Crippen molar-refractivity contribution in [2.24, 2.45) is 5.92 Å². The third-order valence-corrected chi connectivity index (χ3v) is 8.19. The molecule has 0 aromatic heterocycles. The van der Waals surface area contributed by atoms with Crippen LogP contribution in [0.2, 0.25) is 0 Å². The smallest absolute Gasteiger partial charge is 0.416 e. The van der Waals surface area contributed by atoms with E-state index in [0.29, 0.717) is 44.2 Å². The predicted octanol–water partition coefficient (Wildman–Crippen LogP) is 3.45. The van der Waals surface area contributed by atoms with E-state index in [0.717, 1.165) is 12.1 Å². The van der Waals surface area contributed by atoms with Crippen LogP contribution in [0.5, 0.6) is 0 Å². The molecule has 0 radical (unpaired) electrons. The molecule has 4 N–H and O–H groups in total. The average Bonchev–Trinajstić information content (AvgIpc) is 3.46. The number of hydrogen-bond donors (Lipinski definition) is 4. The number of amides is 5. The van der Waals surface area contributed by atoms with Gasteiger partial charge in [-0.1, -0.05) is 32.4 Å². The Morgan fingerprint density at radius 3 is 2.22 bits per heavy atom. The molecule has 1 aromatic rings. The van der Waals surface area contributed by atoms with E-state index in [1.165, 1.54) is 17.0 Å². The van der Waals surface area contributed by atoms with Crippen molar-refractivity contribution in [3.63, 3.8) is 0 Å². The van der Waals surface area contributed by atoms with Gasteiger partial charge in [0.15, 0.2) is 0 Å². The zero-order chi connectivity index (χ0) is 34.2. The number of rotatable bonds is 9. The number of nitrogens with zero attached hydrogens (tertiary/aromatic N) is 1. The first-order valence-corrected chi connectivity index (χ1v) is 15.8. The molecular formula is C32H46F3N5O6. The van der Waals surface area contributed by atoms with Crippen molar-refractivity contribution in [2.75, 3.05) is 13.1 Å². The van der Waals surface area contributed by atoms with Gasteiger partial charge in [-0.3, -0.25) is 19.2 Å². The van der Waals surface area contributed by atoms with Crippen LogP contribution < -0.4 is 21.3 Å². The Balaban J connectivity index is 1.84. The molecule has 0 bridgehead atoms. The number of alkyl carbamates (subject to hydrolysis) is 1. The van der Waals surface area contributed by atoms with Gasteiger partial charge < -0.3 is 30.9 Å². The third-order valence-electron chi connectivity index (χ3n) is 8.19. The molecule has 11 nitrogen and oxygen atoms in total. The summed E-state index contributed by atoms with van der Waals surface area (Å²) in [5.41, 5.74) is -1.15. The Hall–Kier alpha value is -3.84. The van der Waals surface area contributed by atoms with Crippen LogP contribution in [0.15, 0.2) is 24.3 Å². The molecule has 2 saturated heterocycles. The number of benzene rings is 1. The molecule has 0 saturated carbocycles. The number of ether oxygens (including phenoxy) is 1. The van der Waals surface area contributed by atoms with Gasteiger partial charge in [0.1, 0.15) is 29.8 Å². The van der Waals surface area contributed by atoms with Crippen molar-refractivity contribution in [3.8, 4) is 0 Å². The fraction of sp³-hybridized carbons (Fsp3) is 0.656. The molecule has 2 fully saturated rings. The maximum atomic E-state index is 13.8. The minimum absolute atomic E-state index is 0.149. The highest BCUT2D eigenvalue weighted by Crippen LogP contribution is 2.29. The van der Waals surface area contributed by atoms with Crippen LogP contribution in [0.4, 0.5) is 18.0 Å². The van der Waals surface area contributed by atoms with Gasteiger partial charge in [-0.2, -0.15) is 13.2 Å². The normalized spacial score (nSPS) is 23.7. The van der Waals surface area contributed by atoms with Gasteiger partial charge in [0.25, 0.3) is 0 Å². The summed E-state index contributed by atoms with van der Waals surface area (Å²) < 4.78 is 44.6. The lowest BCUT2D eigenvalue weighted by molar-refractivity contribution is -0.144. The lowest BCUT2D eigenvalue weighted by atomic mass is 9.95. The molecule has 0 spiro atoms. The van der Waals surface area contributed by atoms with Gasteiger partial charge in [-0.25, -0.2) is 4.79 Å². The first-order valence-electron chi connectivity index (χ1n) is 15.8.